The highest BCUT2D eigenvalue weighted by atomic mass is 32.2. The zero-order valence-electron chi connectivity index (χ0n) is 12.2. The van der Waals surface area contributed by atoms with Gasteiger partial charge in [-0.1, -0.05) is 36.4 Å². The molecule has 1 heterocycles. The van der Waals surface area contributed by atoms with Crippen molar-refractivity contribution in [2.45, 2.75) is 4.90 Å². The summed E-state index contributed by atoms with van der Waals surface area (Å²) in [6, 6.07) is 21.8. The highest BCUT2D eigenvalue weighted by molar-refractivity contribution is 7.92. The topological polar surface area (TPSA) is 62.0 Å². The van der Waals surface area contributed by atoms with Crippen LogP contribution in [0.2, 0.25) is 0 Å². The van der Waals surface area contributed by atoms with Crippen LogP contribution in [0, 0.1) is 0 Å². The van der Waals surface area contributed by atoms with E-state index < -0.39 is 10.0 Å². The molecule has 0 saturated heterocycles. The second-order valence-electron chi connectivity index (χ2n) is 5.35. The third kappa shape index (κ3) is 2.45. The largest absolute Gasteiger partial charge is 0.355 e. The van der Waals surface area contributed by atoms with E-state index in [9.17, 15) is 8.42 Å². The molecule has 5 heteroatoms. The molecular weight excluding hydrogens is 308 g/mol. The maximum absolute atomic E-state index is 12.4. The third-order valence-corrected chi connectivity index (χ3v) is 5.21. The lowest BCUT2D eigenvalue weighted by molar-refractivity contribution is 0.601. The minimum Gasteiger partial charge on any atom is -0.355 e. The van der Waals surface area contributed by atoms with E-state index in [-0.39, 0.29) is 4.90 Å². The van der Waals surface area contributed by atoms with E-state index in [1.165, 1.54) is 0 Å². The first-order chi connectivity index (χ1) is 11.1. The van der Waals surface area contributed by atoms with Gasteiger partial charge in [0.15, 0.2) is 0 Å². The lowest BCUT2D eigenvalue weighted by atomic mass is 10.1. The van der Waals surface area contributed by atoms with Crippen molar-refractivity contribution in [3.63, 3.8) is 0 Å². The van der Waals surface area contributed by atoms with E-state index in [4.69, 9.17) is 0 Å². The fourth-order valence-corrected chi connectivity index (χ4v) is 3.80. The number of aromatic amines is 1. The monoisotopic (exact) mass is 322 g/mol. The fourth-order valence-electron chi connectivity index (χ4n) is 2.73. The van der Waals surface area contributed by atoms with Gasteiger partial charge in [0.05, 0.1) is 4.90 Å². The Hall–Kier alpha value is -2.79. The molecule has 4 rings (SSSR count). The van der Waals surface area contributed by atoms with Crippen molar-refractivity contribution >= 4 is 37.5 Å². The summed E-state index contributed by atoms with van der Waals surface area (Å²) in [6.07, 6.45) is 0. The highest BCUT2D eigenvalue weighted by Crippen LogP contribution is 2.28. The predicted octanol–water partition coefficient (Wildman–Crippen LogP) is 4.12. The zero-order chi connectivity index (χ0) is 15.9. The third-order valence-electron chi connectivity index (χ3n) is 3.81. The van der Waals surface area contributed by atoms with E-state index in [1.54, 1.807) is 36.4 Å². The van der Waals surface area contributed by atoms with E-state index in [1.807, 2.05) is 36.4 Å². The summed E-state index contributed by atoms with van der Waals surface area (Å²) in [5.74, 6) is 0. The number of hydrogen-bond donors (Lipinski definition) is 2. The molecule has 0 spiro atoms. The Morgan fingerprint density at radius 2 is 1.43 bits per heavy atom. The SMILES string of the molecule is O=S(=O)(Nc1ccc2[nH]c3ccccc3c2c1)c1ccccc1. The van der Waals surface area contributed by atoms with Crippen molar-refractivity contribution in [2.75, 3.05) is 4.72 Å². The molecular formula is C18H14N2O2S. The minimum absolute atomic E-state index is 0.249. The highest BCUT2D eigenvalue weighted by Gasteiger charge is 2.14. The molecule has 4 aromatic rings. The van der Waals surface area contributed by atoms with Gasteiger partial charge in [-0.3, -0.25) is 4.72 Å². The Kier molecular flexibility index (Phi) is 3.09. The standard InChI is InChI=1S/C18H14N2O2S/c21-23(22,14-6-2-1-3-7-14)20-13-10-11-18-16(12-13)15-8-4-5-9-17(15)19-18/h1-12,19-20H. The lowest BCUT2D eigenvalue weighted by Crippen LogP contribution is -2.12. The zero-order valence-corrected chi connectivity index (χ0v) is 13.0. The summed E-state index contributed by atoms with van der Waals surface area (Å²) in [6.45, 7) is 0. The number of aromatic nitrogens is 1. The van der Waals surface area contributed by atoms with Crippen molar-refractivity contribution in [3.8, 4) is 0 Å². The number of nitrogens with one attached hydrogen (secondary N) is 2. The van der Waals surface area contributed by atoms with Crippen LogP contribution in [0.25, 0.3) is 21.8 Å². The molecule has 0 fully saturated rings. The van der Waals surface area contributed by atoms with Gasteiger partial charge in [-0.15, -0.1) is 0 Å². The molecule has 0 unspecified atom stereocenters. The van der Waals surface area contributed by atoms with Gasteiger partial charge in [0, 0.05) is 27.5 Å². The van der Waals surface area contributed by atoms with E-state index >= 15 is 0 Å². The van der Waals surface area contributed by atoms with Crippen LogP contribution in [0.1, 0.15) is 0 Å². The van der Waals surface area contributed by atoms with Gasteiger partial charge < -0.3 is 4.98 Å². The van der Waals surface area contributed by atoms with Gasteiger partial charge in [0.2, 0.25) is 0 Å². The Morgan fingerprint density at radius 3 is 2.26 bits per heavy atom. The maximum Gasteiger partial charge on any atom is 0.261 e. The van der Waals surface area contributed by atoms with Crippen molar-refractivity contribution < 1.29 is 8.42 Å². The van der Waals surface area contributed by atoms with Crippen LogP contribution in [0.4, 0.5) is 5.69 Å². The van der Waals surface area contributed by atoms with Crippen LogP contribution >= 0.6 is 0 Å². The number of rotatable bonds is 3. The molecule has 0 amide bonds. The number of sulfonamides is 1. The number of benzene rings is 3. The quantitative estimate of drug-likeness (QED) is 0.596. The van der Waals surface area contributed by atoms with Crippen molar-refractivity contribution in [1.29, 1.82) is 0 Å². The molecule has 3 aromatic carbocycles. The molecule has 0 aliphatic rings. The van der Waals surface area contributed by atoms with Crippen LogP contribution in [-0.4, -0.2) is 13.4 Å². The number of H-pyrrole nitrogens is 1. The Balaban J connectivity index is 1.79. The molecule has 114 valence electrons. The molecule has 0 aliphatic carbocycles. The molecule has 0 atom stereocenters. The summed E-state index contributed by atoms with van der Waals surface area (Å²) in [7, 11) is -3.58. The van der Waals surface area contributed by atoms with Crippen LogP contribution in [0.15, 0.2) is 77.7 Å². The Morgan fingerprint density at radius 1 is 0.739 bits per heavy atom. The van der Waals surface area contributed by atoms with E-state index in [0.717, 1.165) is 21.8 Å². The van der Waals surface area contributed by atoms with Crippen LogP contribution in [0.3, 0.4) is 0 Å². The van der Waals surface area contributed by atoms with Crippen molar-refractivity contribution in [1.82, 2.24) is 4.98 Å². The van der Waals surface area contributed by atoms with Gasteiger partial charge >= 0.3 is 0 Å². The average Bonchev–Trinajstić information content (AvgIpc) is 2.93. The summed E-state index contributed by atoms with van der Waals surface area (Å²) in [4.78, 5) is 3.57. The van der Waals surface area contributed by atoms with Gasteiger partial charge in [-0.05, 0) is 36.4 Å². The van der Waals surface area contributed by atoms with Crippen LogP contribution in [-0.2, 0) is 10.0 Å². The number of anilines is 1. The smallest absolute Gasteiger partial charge is 0.261 e. The number of para-hydroxylation sites is 1. The van der Waals surface area contributed by atoms with E-state index in [0.29, 0.717) is 5.69 Å². The molecule has 0 saturated carbocycles. The lowest BCUT2D eigenvalue weighted by Gasteiger charge is -2.08. The minimum atomic E-state index is -3.58. The molecule has 0 aliphatic heterocycles. The molecule has 23 heavy (non-hydrogen) atoms. The first-order valence-corrected chi connectivity index (χ1v) is 8.70. The summed E-state index contributed by atoms with van der Waals surface area (Å²) < 4.78 is 27.5. The van der Waals surface area contributed by atoms with Crippen molar-refractivity contribution in [3.05, 3.63) is 72.8 Å². The van der Waals surface area contributed by atoms with Crippen LogP contribution < -0.4 is 4.72 Å². The fraction of sp³-hybridized carbons (Fsp3) is 0. The predicted molar refractivity (Wildman–Crippen MR) is 93.1 cm³/mol. The first kappa shape index (κ1) is 13.8. The van der Waals surface area contributed by atoms with E-state index in [2.05, 4.69) is 9.71 Å². The molecule has 4 nitrogen and oxygen atoms in total. The molecule has 0 bridgehead atoms. The maximum atomic E-state index is 12.4. The second kappa shape index (κ2) is 5.14. The van der Waals surface area contributed by atoms with Gasteiger partial charge in [0.1, 0.15) is 0 Å². The van der Waals surface area contributed by atoms with Gasteiger partial charge in [0.25, 0.3) is 10.0 Å². The second-order valence-corrected chi connectivity index (χ2v) is 7.03. The normalized spacial score (nSPS) is 11.8. The first-order valence-electron chi connectivity index (χ1n) is 7.22. The van der Waals surface area contributed by atoms with Crippen molar-refractivity contribution in [2.24, 2.45) is 0 Å². The van der Waals surface area contributed by atoms with Gasteiger partial charge in [-0.2, -0.15) is 0 Å². The summed E-state index contributed by atoms with van der Waals surface area (Å²) >= 11 is 0. The number of fused-ring (bicyclic) bond motifs is 3. The average molecular weight is 322 g/mol. The Bertz CT molecular complexity index is 1100. The molecule has 2 N–H and O–H groups in total. The summed E-state index contributed by atoms with van der Waals surface area (Å²) in [5, 5.41) is 2.07. The number of hydrogen-bond acceptors (Lipinski definition) is 2. The molecule has 0 radical (unpaired) electrons. The van der Waals surface area contributed by atoms with Gasteiger partial charge in [-0.25, -0.2) is 8.42 Å². The Labute approximate surface area is 133 Å². The molecule has 1 aromatic heterocycles. The summed E-state index contributed by atoms with van der Waals surface area (Å²) in [5.41, 5.74) is 2.56. The van der Waals surface area contributed by atoms with Crippen LogP contribution in [0.5, 0.6) is 0 Å².